The van der Waals surface area contributed by atoms with E-state index in [2.05, 4.69) is 10.1 Å². The molecule has 0 atom stereocenters. The van der Waals surface area contributed by atoms with Gasteiger partial charge in [0.15, 0.2) is 11.5 Å². The van der Waals surface area contributed by atoms with Crippen LogP contribution in [0.1, 0.15) is 26.8 Å². The zero-order chi connectivity index (χ0) is 20.9. The van der Waals surface area contributed by atoms with E-state index in [1.165, 1.54) is 4.90 Å². The lowest BCUT2D eigenvalue weighted by Gasteiger charge is -2.20. The Morgan fingerprint density at radius 3 is 2.83 bits per heavy atom. The molecule has 0 aliphatic heterocycles. The molecule has 30 heavy (non-hydrogen) atoms. The van der Waals surface area contributed by atoms with Crippen molar-refractivity contribution in [1.82, 2.24) is 15.0 Å². The molecule has 1 amide bonds. The maximum atomic E-state index is 12.8. The Bertz CT molecular complexity index is 1140. The molecule has 0 fully saturated rings. The molecule has 2 aromatic carbocycles. The van der Waals surface area contributed by atoms with Gasteiger partial charge in [-0.3, -0.25) is 4.79 Å². The van der Waals surface area contributed by atoms with Gasteiger partial charge in [0.05, 0.1) is 21.8 Å². The summed E-state index contributed by atoms with van der Waals surface area (Å²) in [5.41, 5.74) is 2.05. The van der Waals surface area contributed by atoms with E-state index >= 15 is 0 Å². The Morgan fingerprint density at radius 1 is 1.20 bits per heavy atom. The topological polar surface area (TPSA) is 88.7 Å². The Hall–Kier alpha value is -3.23. The number of hydrogen-bond acceptors (Lipinski definition) is 7. The van der Waals surface area contributed by atoms with Crippen LogP contribution in [0.25, 0.3) is 10.2 Å². The molecule has 0 radical (unpaired) electrons. The van der Waals surface area contributed by atoms with Gasteiger partial charge >= 0.3 is 0 Å². The molecule has 7 nitrogen and oxygen atoms in total. The second kappa shape index (κ2) is 9.06. The zero-order valence-corrected chi connectivity index (χ0v) is 17.3. The fraction of sp³-hybridized carbons (Fsp3) is 0.227. The van der Waals surface area contributed by atoms with Crippen molar-refractivity contribution in [3.63, 3.8) is 0 Å². The number of fused-ring (bicyclic) bond motifs is 1. The van der Waals surface area contributed by atoms with E-state index in [0.717, 1.165) is 20.8 Å². The number of hydrogen-bond donors (Lipinski definition) is 1. The number of carbonyl (C=O) groups is 1. The summed E-state index contributed by atoms with van der Waals surface area (Å²) in [5.74, 6) is 0.807. The van der Waals surface area contributed by atoms with Crippen molar-refractivity contribution in [2.45, 2.75) is 20.1 Å². The third-order valence-electron chi connectivity index (χ3n) is 4.50. The highest BCUT2D eigenvalue weighted by Gasteiger charge is 2.20. The molecule has 1 N–H and O–H groups in total. The van der Waals surface area contributed by atoms with Crippen LogP contribution in [0.5, 0.6) is 5.75 Å². The van der Waals surface area contributed by atoms with Crippen LogP contribution in [0, 0.1) is 6.92 Å². The minimum atomic E-state index is -0.303. The number of nitrogens with zero attached hydrogens (tertiary/aromatic N) is 3. The smallest absolute Gasteiger partial charge is 0.276 e. The molecule has 4 aromatic rings. The van der Waals surface area contributed by atoms with E-state index in [4.69, 9.17) is 9.26 Å². The summed E-state index contributed by atoms with van der Waals surface area (Å²) >= 11 is 1.63. The standard InChI is InChI=1S/C22H21N3O4S/c1-15-23-19-11-17(7-8-21(19)30-15)28-14-18-12-20(24-29-18)22(27)25(9-10-26)13-16-5-3-2-4-6-16/h2-8,11-12,26H,9-10,13-14H2,1H3. The van der Waals surface area contributed by atoms with Gasteiger partial charge < -0.3 is 19.3 Å². The highest BCUT2D eigenvalue weighted by atomic mass is 32.1. The number of rotatable bonds is 8. The normalized spacial score (nSPS) is 11.0. The van der Waals surface area contributed by atoms with Gasteiger partial charge in [-0.1, -0.05) is 35.5 Å². The van der Waals surface area contributed by atoms with Crippen LogP contribution in [0.2, 0.25) is 0 Å². The first-order chi connectivity index (χ1) is 14.6. The molecule has 0 bridgehead atoms. The first-order valence-corrected chi connectivity index (χ1v) is 10.3. The molecular formula is C22H21N3O4S. The molecule has 0 saturated heterocycles. The summed E-state index contributed by atoms with van der Waals surface area (Å²) in [5, 5.41) is 14.2. The molecule has 154 valence electrons. The highest BCUT2D eigenvalue weighted by Crippen LogP contribution is 2.26. The summed E-state index contributed by atoms with van der Waals surface area (Å²) < 4.78 is 12.2. The number of ether oxygens (including phenoxy) is 1. The van der Waals surface area contributed by atoms with Gasteiger partial charge in [0.2, 0.25) is 0 Å². The van der Waals surface area contributed by atoms with E-state index in [1.54, 1.807) is 17.4 Å². The Morgan fingerprint density at radius 2 is 2.03 bits per heavy atom. The third-order valence-corrected chi connectivity index (χ3v) is 5.45. The molecular weight excluding hydrogens is 402 g/mol. The van der Waals surface area contributed by atoms with E-state index in [0.29, 0.717) is 18.1 Å². The lowest BCUT2D eigenvalue weighted by Crippen LogP contribution is -2.33. The summed E-state index contributed by atoms with van der Waals surface area (Å²) in [6.45, 7) is 2.57. The monoisotopic (exact) mass is 423 g/mol. The average molecular weight is 423 g/mol. The van der Waals surface area contributed by atoms with Gasteiger partial charge in [0.25, 0.3) is 5.91 Å². The van der Waals surface area contributed by atoms with Gasteiger partial charge in [0.1, 0.15) is 12.4 Å². The molecule has 0 saturated carbocycles. The van der Waals surface area contributed by atoms with E-state index in [-0.39, 0.29) is 31.4 Å². The van der Waals surface area contributed by atoms with E-state index in [1.807, 2.05) is 55.5 Å². The van der Waals surface area contributed by atoms with Gasteiger partial charge in [0, 0.05) is 25.2 Å². The second-order valence-electron chi connectivity index (χ2n) is 6.77. The average Bonchev–Trinajstić information content (AvgIpc) is 3.37. The van der Waals surface area contributed by atoms with Crippen molar-refractivity contribution >= 4 is 27.5 Å². The number of aromatic nitrogens is 2. The van der Waals surface area contributed by atoms with Gasteiger partial charge in [-0.15, -0.1) is 11.3 Å². The first kappa shape index (κ1) is 20.1. The minimum absolute atomic E-state index is 0.134. The van der Waals surface area contributed by atoms with Crippen LogP contribution in [-0.2, 0) is 13.2 Å². The molecule has 0 spiro atoms. The number of carbonyl (C=O) groups excluding carboxylic acids is 1. The Balaban J connectivity index is 1.41. The van der Waals surface area contributed by atoms with Gasteiger partial charge in [-0.05, 0) is 24.6 Å². The van der Waals surface area contributed by atoms with Crippen LogP contribution in [0.4, 0.5) is 0 Å². The quantitative estimate of drug-likeness (QED) is 0.464. The number of aryl methyl sites for hydroxylation is 1. The number of aliphatic hydroxyl groups excluding tert-OH is 1. The van der Waals surface area contributed by atoms with Crippen LogP contribution in [0.3, 0.4) is 0 Å². The fourth-order valence-corrected chi connectivity index (χ4v) is 3.89. The summed E-state index contributed by atoms with van der Waals surface area (Å²) in [7, 11) is 0. The maximum absolute atomic E-state index is 12.8. The zero-order valence-electron chi connectivity index (χ0n) is 16.4. The van der Waals surface area contributed by atoms with E-state index < -0.39 is 0 Å². The fourth-order valence-electron chi connectivity index (χ4n) is 3.09. The molecule has 0 aliphatic rings. The van der Waals surface area contributed by atoms with Crippen LogP contribution < -0.4 is 4.74 Å². The van der Waals surface area contributed by atoms with Crippen molar-refractivity contribution < 1.29 is 19.2 Å². The van der Waals surface area contributed by atoms with Crippen LogP contribution >= 0.6 is 11.3 Å². The van der Waals surface area contributed by atoms with Crippen molar-refractivity contribution in [3.05, 3.63) is 76.6 Å². The molecule has 2 heterocycles. The van der Waals surface area contributed by atoms with Crippen molar-refractivity contribution in [2.24, 2.45) is 0 Å². The van der Waals surface area contributed by atoms with Gasteiger partial charge in [-0.2, -0.15) is 0 Å². The molecule has 2 aromatic heterocycles. The Kier molecular flexibility index (Phi) is 6.06. The minimum Gasteiger partial charge on any atom is -0.485 e. The number of benzene rings is 2. The summed E-state index contributed by atoms with van der Waals surface area (Å²) in [4.78, 5) is 18.8. The predicted molar refractivity (Wildman–Crippen MR) is 113 cm³/mol. The number of aliphatic hydroxyl groups is 1. The number of amides is 1. The number of thiazole rings is 1. The first-order valence-electron chi connectivity index (χ1n) is 9.52. The molecule has 0 unspecified atom stereocenters. The summed E-state index contributed by atoms with van der Waals surface area (Å²) in [6.07, 6.45) is 0. The van der Waals surface area contributed by atoms with Crippen molar-refractivity contribution in [2.75, 3.05) is 13.2 Å². The van der Waals surface area contributed by atoms with Crippen molar-refractivity contribution in [1.29, 1.82) is 0 Å². The van der Waals surface area contributed by atoms with E-state index in [9.17, 15) is 9.90 Å². The van der Waals surface area contributed by atoms with Crippen LogP contribution in [0.15, 0.2) is 59.1 Å². The molecule has 4 rings (SSSR count). The predicted octanol–water partition coefficient (Wildman–Crippen LogP) is 3.81. The largest absolute Gasteiger partial charge is 0.485 e. The lowest BCUT2D eigenvalue weighted by atomic mass is 10.2. The lowest BCUT2D eigenvalue weighted by molar-refractivity contribution is 0.0697. The maximum Gasteiger partial charge on any atom is 0.276 e. The second-order valence-corrected chi connectivity index (χ2v) is 8.00. The SMILES string of the molecule is Cc1nc2cc(OCc3cc(C(=O)N(CCO)Cc4ccccc4)no3)ccc2s1. The summed E-state index contributed by atoms with van der Waals surface area (Å²) in [6, 6.07) is 16.9. The third kappa shape index (κ3) is 4.67. The highest BCUT2D eigenvalue weighted by molar-refractivity contribution is 7.18. The Labute approximate surface area is 177 Å². The molecule has 0 aliphatic carbocycles. The van der Waals surface area contributed by atoms with Crippen molar-refractivity contribution in [3.8, 4) is 5.75 Å². The molecule has 8 heteroatoms. The van der Waals surface area contributed by atoms with Gasteiger partial charge in [-0.25, -0.2) is 4.98 Å². The van der Waals surface area contributed by atoms with Crippen LogP contribution in [-0.4, -0.2) is 39.2 Å².